The fourth-order valence-corrected chi connectivity index (χ4v) is 1.94. The first-order chi connectivity index (χ1) is 8.80. The van der Waals surface area contributed by atoms with Gasteiger partial charge >= 0.3 is 0 Å². The molecule has 1 saturated heterocycles. The lowest BCUT2D eigenvalue weighted by Gasteiger charge is -2.31. The van der Waals surface area contributed by atoms with Crippen molar-refractivity contribution in [1.82, 2.24) is 10.2 Å². The van der Waals surface area contributed by atoms with Gasteiger partial charge in [0, 0.05) is 25.0 Å². The Morgan fingerprint density at radius 3 is 2.47 bits per heavy atom. The highest BCUT2D eigenvalue weighted by molar-refractivity contribution is 5.81. The first-order valence-electron chi connectivity index (χ1n) is 7.14. The van der Waals surface area contributed by atoms with Gasteiger partial charge in [0.15, 0.2) is 5.96 Å². The number of piperidine rings is 1. The first kappa shape index (κ1) is 15.8. The third-order valence-electron chi connectivity index (χ3n) is 3.46. The van der Waals surface area contributed by atoms with Crippen LogP contribution in [0.1, 0.15) is 40.5 Å². The maximum atomic E-state index is 11.6. The lowest BCUT2D eigenvalue weighted by atomic mass is 9.96. The highest BCUT2D eigenvalue weighted by Crippen LogP contribution is 2.15. The van der Waals surface area contributed by atoms with Crippen molar-refractivity contribution in [1.29, 1.82) is 0 Å². The Morgan fingerprint density at radius 2 is 1.95 bits per heavy atom. The van der Waals surface area contributed by atoms with Crippen LogP contribution in [0.15, 0.2) is 4.99 Å². The van der Waals surface area contributed by atoms with E-state index in [0.717, 1.165) is 19.0 Å². The molecule has 0 aromatic heterocycles. The van der Waals surface area contributed by atoms with Gasteiger partial charge in [0.05, 0.1) is 6.54 Å². The minimum Gasteiger partial charge on any atom is -0.370 e. The zero-order valence-corrected chi connectivity index (χ0v) is 12.7. The molecule has 0 spiro atoms. The predicted octanol–water partition coefficient (Wildman–Crippen LogP) is 1.20. The van der Waals surface area contributed by atoms with Gasteiger partial charge in [-0.1, -0.05) is 27.7 Å². The van der Waals surface area contributed by atoms with E-state index in [4.69, 9.17) is 5.73 Å². The SMILES string of the molecule is CC1CCN(C(N)=NCCNC(=O)C(C)(C)C)CC1. The third kappa shape index (κ3) is 5.49. The van der Waals surface area contributed by atoms with Gasteiger partial charge in [-0.15, -0.1) is 0 Å². The van der Waals surface area contributed by atoms with Crippen LogP contribution in [-0.2, 0) is 4.79 Å². The summed E-state index contributed by atoms with van der Waals surface area (Å²) in [6, 6.07) is 0. The molecule has 0 atom stereocenters. The molecule has 1 aliphatic rings. The summed E-state index contributed by atoms with van der Waals surface area (Å²) in [6.45, 7) is 11.0. The fourth-order valence-electron chi connectivity index (χ4n) is 1.94. The van der Waals surface area contributed by atoms with Crippen molar-refractivity contribution in [2.45, 2.75) is 40.5 Å². The molecule has 1 fully saturated rings. The molecule has 0 unspecified atom stereocenters. The molecule has 0 bridgehead atoms. The number of nitrogens with zero attached hydrogens (tertiary/aromatic N) is 2. The zero-order chi connectivity index (χ0) is 14.5. The molecule has 0 radical (unpaired) electrons. The van der Waals surface area contributed by atoms with Gasteiger partial charge in [0.2, 0.25) is 5.91 Å². The Labute approximate surface area is 116 Å². The number of carbonyl (C=O) groups is 1. The molecule has 0 aromatic carbocycles. The quantitative estimate of drug-likeness (QED) is 0.459. The molecule has 0 saturated carbocycles. The van der Waals surface area contributed by atoms with Crippen LogP contribution < -0.4 is 11.1 Å². The molecular weight excluding hydrogens is 240 g/mol. The number of amides is 1. The normalized spacial score (nSPS) is 18.5. The number of aliphatic imine (C=N–C) groups is 1. The average molecular weight is 268 g/mol. The minimum atomic E-state index is -0.349. The van der Waals surface area contributed by atoms with Crippen LogP contribution in [0.5, 0.6) is 0 Å². The molecule has 110 valence electrons. The molecule has 5 heteroatoms. The lowest BCUT2D eigenvalue weighted by molar-refractivity contribution is -0.128. The predicted molar refractivity (Wildman–Crippen MR) is 78.9 cm³/mol. The summed E-state index contributed by atoms with van der Waals surface area (Å²) < 4.78 is 0. The van der Waals surface area contributed by atoms with E-state index >= 15 is 0 Å². The minimum absolute atomic E-state index is 0.0491. The maximum Gasteiger partial charge on any atom is 0.225 e. The van der Waals surface area contributed by atoms with Crippen LogP contribution in [0.25, 0.3) is 0 Å². The number of hydrogen-bond donors (Lipinski definition) is 2. The second-order valence-electron chi connectivity index (χ2n) is 6.42. The van der Waals surface area contributed by atoms with E-state index in [1.54, 1.807) is 0 Å². The van der Waals surface area contributed by atoms with E-state index < -0.39 is 0 Å². The van der Waals surface area contributed by atoms with E-state index in [2.05, 4.69) is 22.1 Å². The molecule has 5 nitrogen and oxygen atoms in total. The molecule has 0 aromatic rings. The summed E-state index contributed by atoms with van der Waals surface area (Å²) in [6.07, 6.45) is 2.36. The van der Waals surface area contributed by atoms with Gasteiger partial charge in [-0.05, 0) is 18.8 Å². The molecule has 1 rings (SSSR count). The Morgan fingerprint density at radius 1 is 1.37 bits per heavy atom. The lowest BCUT2D eigenvalue weighted by Crippen LogP contribution is -2.43. The number of nitrogens with one attached hydrogen (secondary N) is 1. The van der Waals surface area contributed by atoms with Crippen LogP contribution in [-0.4, -0.2) is 42.9 Å². The second-order valence-corrected chi connectivity index (χ2v) is 6.42. The maximum absolute atomic E-state index is 11.6. The van der Waals surface area contributed by atoms with E-state index in [9.17, 15) is 4.79 Å². The number of likely N-dealkylation sites (tertiary alicyclic amines) is 1. The second kappa shape index (κ2) is 6.78. The summed E-state index contributed by atoms with van der Waals surface area (Å²) in [4.78, 5) is 18.1. The van der Waals surface area contributed by atoms with E-state index in [1.807, 2.05) is 20.8 Å². The van der Waals surface area contributed by atoms with Gasteiger partial charge in [-0.2, -0.15) is 0 Å². The number of guanidine groups is 1. The summed E-state index contributed by atoms with van der Waals surface area (Å²) in [5.74, 6) is 1.44. The Bertz CT molecular complexity index is 325. The van der Waals surface area contributed by atoms with Crippen molar-refractivity contribution < 1.29 is 4.79 Å². The number of carbonyl (C=O) groups excluding carboxylic acids is 1. The fraction of sp³-hybridized carbons (Fsp3) is 0.857. The van der Waals surface area contributed by atoms with Crippen LogP contribution in [0.3, 0.4) is 0 Å². The number of hydrogen-bond acceptors (Lipinski definition) is 2. The Hall–Kier alpha value is -1.26. The van der Waals surface area contributed by atoms with Gasteiger partial charge in [-0.3, -0.25) is 9.79 Å². The average Bonchev–Trinajstić information content (AvgIpc) is 2.33. The summed E-state index contributed by atoms with van der Waals surface area (Å²) in [5.41, 5.74) is 5.61. The highest BCUT2D eigenvalue weighted by atomic mass is 16.2. The molecule has 3 N–H and O–H groups in total. The smallest absolute Gasteiger partial charge is 0.225 e. The highest BCUT2D eigenvalue weighted by Gasteiger charge is 2.20. The summed E-state index contributed by atoms with van der Waals surface area (Å²) >= 11 is 0. The first-order valence-corrected chi connectivity index (χ1v) is 7.14. The van der Waals surface area contributed by atoms with Gasteiger partial charge < -0.3 is 16.0 Å². The van der Waals surface area contributed by atoms with Gasteiger partial charge in [0.1, 0.15) is 0 Å². The van der Waals surface area contributed by atoms with Gasteiger partial charge in [0.25, 0.3) is 0 Å². The van der Waals surface area contributed by atoms with Crippen LogP contribution in [0.2, 0.25) is 0 Å². The van der Waals surface area contributed by atoms with Crippen LogP contribution in [0.4, 0.5) is 0 Å². The summed E-state index contributed by atoms with van der Waals surface area (Å²) in [5, 5.41) is 2.87. The van der Waals surface area contributed by atoms with Crippen LogP contribution >= 0.6 is 0 Å². The molecule has 19 heavy (non-hydrogen) atoms. The number of rotatable bonds is 3. The number of nitrogens with two attached hydrogens (primary N) is 1. The zero-order valence-electron chi connectivity index (χ0n) is 12.7. The van der Waals surface area contributed by atoms with Crippen molar-refractivity contribution in [3.8, 4) is 0 Å². The molecule has 1 amide bonds. The largest absolute Gasteiger partial charge is 0.370 e. The topological polar surface area (TPSA) is 70.7 Å². The van der Waals surface area contributed by atoms with Crippen molar-refractivity contribution in [3.05, 3.63) is 0 Å². The van der Waals surface area contributed by atoms with E-state index in [1.165, 1.54) is 12.8 Å². The third-order valence-corrected chi connectivity index (χ3v) is 3.46. The Kier molecular flexibility index (Phi) is 5.63. The van der Waals surface area contributed by atoms with Crippen molar-refractivity contribution in [2.24, 2.45) is 22.1 Å². The van der Waals surface area contributed by atoms with E-state index in [-0.39, 0.29) is 11.3 Å². The van der Waals surface area contributed by atoms with Gasteiger partial charge in [-0.25, -0.2) is 0 Å². The van der Waals surface area contributed by atoms with Crippen molar-refractivity contribution in [2.75, 3.05) is 26.2 Å². The van der Waals surface area contributed by atoms with Crippen molar-refractivity contribution in [3.63, 3.8) is 0 Å². The van der Waals surface area contributed by atoms with E-state index in [0.29, 0.717) is 19.0 Å². The van der Waals surface area contributed by atoms with Crippen molar-refractivity contribution >= 4 is 11.9 Å². The Balaban J connectivity index is 2.27. The molecule has 1 aliphatic heterocycles. The standard InChI is InChI=1S/C14H28N4O/c1-11-5-9-18(10-6-11)13(15)17-8-7-16-12(19)14(2,3)4/h11H,5-10H2,1-4H3,(H2,15,17)(H,16,19). The molecule has 0 aliphatic carbocycles. The van der Waals surface area contributed by atoms with Crippen LogP contribution in [0, 0.1) is 11.3 Å². The monoisotopic (exact) mass is 268 g/mol. The molecule has 1 heterocycles. The molecular formula is C14H28N4O. The summed E-state index contributed by atoms with van der Waals surface area (Å²) in [7, 11) is 0.